The standard InChI is InChI=1S/C17H17ClFNO3/c18-13-4-6-15(7-5-13)23-9-8-20-17(22)11-16(21)12-2-1-3-14(19)10-12/h1-7,10,16,21H,8-9,11H2,(H,20,22). The highest BCUT2D eigenvalue weighted by Gasteiger charge is 2.13. The Morgan fingerprint density at radius 2 is 2.00 bits per heavy atom. The highest BCUT2D eigenvalue weighted by atomic mass is 35.5. The fourth-order valence-corrected chi connectivity index (χ4v) is 2.10. The fraction of sp³-hybridized carbons (Fsp3) is 0.235. The van der Waals surface area contributed by atoms with Gasteiger partial charge < -0.3 is 15.2 Å². The van der Waals surface area contributed by atoms with Gasteiger partial charge in [-0.1, -0.05) is 23.7 Å². The van der Waals surface area contributed by atoms with Gasteiger partial charge in [-0.15, -0.1) is 0 Å². The van der Waals surface area contributed by atoms with Crippen LogP contribution in [-0.4, -0.2) is 24.2 Å². The van der Waals surface area contributed by atoms with Crippen molar-refractivity contribution in [2.24, 2.45) is 0 Å². The summed E-state index contributed by atoms with van der Waals surface area (Å²) in [6.07, 6.45) is -1.17. The second-order valence-corrected chi connectivity index (χ2v) is 5.36. The summed E-state index contributed by atoms with van der Waals surface area (Å²) in [7, 11) is 0. The van der Waals surface area contributed by atoms with Gasteiger partial charge in [-0.25, -0.2) is 4.39 Å². The molecule has 0 fully saturated rings. The lowest BCUT2D eigenvalue weighted by atomic mass is 10.1. The van der Waals surface area contributed by atoms with Crippen LogP contribution in [-0.2, 0) is 4.79 Å². The van der Waals surface area contributed by atoms with Gasteiger partial charge in [0, 0.05) is 5.02 Å². The number of nitrogens with one attached hydrogen (secondary N) is 1. The van der Waals surface area contributed by atoms with Gasteiger partial charge in [-0.3, -0.25) is 4.79 Å². The third-order valence-electron chi connectivity index (χ3n) is 3.12. The smallest absolute Gasteiger partial charge is 0.223 e. The number of carbonyl (C=O) groups is 1. The van der Waals surface area contributed by atoms with E-state index in [0.29, 0.717) is 29.5 Å². The van der Waals surface area contributed by atoms with Crippen LogP contribution in [0.5, 0.6) is 5.75 Å². The van der Waals surface area contributed by atoms with E-state index in [1.165, 1.54) is 18.2 Å². The van der Waals surface area contributed by atoms with Crippen molar-refractivity contribution >= 4 is 17.5 Å². The number of carbonyl (C=O) groups excluding carboxylic acids is 1. The van der Waals surface area contributed by atoms with E-state index in [1.807, 2.05) is 0 Å². The Morgan fingerprint density at radius 1 is 1.26 bits per heavy atom. The molecule has 0 aliphatic carbocycles. The number of hydrogen-bond donors (Lipinski definition) is 2. The van der Waals surface area contributed by atoms with E-state index in [2.05, 4.69) is 5.32 Å². The molecule has 2 N–H and O–H groups in total. The zero-order valence-corrected chi connectivity index (χ0v) is 13.1. The van der Waals surface area contributed by atoms with Gasteiger partial charge in [0.05, 0.1) is 19.1 Å². The Kier molecular flexibility index (Phi) is 6.38. The molecule has 0 saturated carbocycles. The Hall–Kier alpha value is -2.11. The van der Waals surface area contributed by atoms with Gasteiger partial charge in [0.15, 0.2) is 0 Å². The number of ether oxygens (including phenoxy) is 1. The van der Waals surface area contributed by atoms with Crippen molar-refractivity contribution in [3.05, 3.63) is 64.9 Å². The Balaban J connectivity index is 1.69. The van der Waals surface area contributed by atoms with Crippen LogP contribution in [0.15, 0.2) is 48.5 Å². The van der Waals surface area contributed by atoms with Crippen LogP contribution in [0, 0.1) is 5.82 Å². The molecule has 0 aliphatic heterocycles. The van der Waals surface area contributed by atoms with E-state index >= 15 is 0 Å². The summed E-state index contributed by atoms with van der Waals surface area (Å²) in [5.74, 6) is -0.122. The predicted octanol–water partition coefficient (Wildman–Crippen LogP) is 3.10. The van der Waals surface area contributed by atoms with Crippen LogP contribution in [0.4, 0.5) is 4.39 Å². The SMILES string of the molecule is O=C(CC(O)c1cccc(F)c1)NCCOc1ccc(Cl)cc1. The minimum Gasteiger partial charge on any atom is -0.492 e. The number of benzene rings is 2. The van der Waals surface area contributed by atoms with Gasteiger partial charge in [0.25, 0.3) is 0 Å². The van der Waals surface area contributed by atoms with Gasteiger partial charge in [-0.05, 0) is 42.0 Å². The number of aliphatic hydroxyl groups is 1. The fourth-order valence-electron chi connectivity index (χ4n) is 1.97. The first kappa shape index (κ1) is 17.2. The normalized spacial score (nSPS) is 11.8. The summed E-state index contributed by atoms with van der Waals surface area (Å²) in [6.45, 7) is 0.598. The third-order valence-corrected chi connectivity index (χ3v) is 3.37. The molecule has 4 nitrogen and oxygen atoms in total. The first-order valence-electron chi connectivity index (χ1n) is 7.13. The molecule has 0 aliphatic rings. The molecular weight excluding hydrogens is 321 g/mol. The van der Waals surface area contributed by atoms with Crippen molar-refractivity contribution in [1.82, 2.24) is 5.32 Å². The van der Waals surface area contributed by atoms with Crippen molar-refractivity contribution in [3.63, 3.8) is 0 Å². The van der Waals surface area contributed by atoms with Crippen LogP contribution in [0.2, 0.25) is 5.02 Å². The molecule has 0 aromatic heterocycles. The maximum absolute atomic E-state index is 13.1. The zero-order valence-electron chi connectivity index (χ0n) is 12.3. The lowest BCUT2D eigenvalue weighted by Crippen LogP contribution is -2.29. The summed E-state index contributed by atoms with van der Waals surface area (Å²) in [5.41, 5.74) is 0.373. The van der Waals surface area contributed by atoms with Crippen LogP contribution in [0.3, 0.4) is 0 Å². The molecule has 0 radical (unpaired) electrons. The second-order valence-electron chi connectivity index (χ2n) is 4.93. The molecule has 0 spiro atoms. The predicted molar refractivity (Wildman–Crippen MR) is 85.9 cm³/mol. The van der Waals surface area contributed by atoms with E-state index in [0.717, 1.165) is 0 Å². The highest BCUT2D eigenvalue weighted by molar-refractivity contribution is 6.30. The lowest BCUT2D eigenvalue weighted by Gasteiger charge is -2.12. The van der Waals surface area contributed by atoms with Gasteiger partial charge in [-0.2, -0.15) is 0 Å². The molecule has 1 unspecified atom stereocenters. The molecule has 6 heteroatoms. The second kappa shape index (κ2) is 8.50. The maximum atomic E-state index is 13.1. The molecule has 0 heterocycles. The number of halogens is 2. The quantitative estimate of drug-likeness (QED) is 0.763. The summed E-state index contributed by atoms with van der Waals surface area (Å²) in [6, 6.07) is 12.5. The molecule has 2 aromatic carbocycles. The minimum absolute atomic E-state index is 0.135. The maximum Gasteiger partial charge on any atom is 0.223 e. The van der Waals surface area contributed by atoms with Gasteiger partial charge >= 0.3 is 0 Å². The molecule has 1 amide bonds. The topological polar surface area (TPSA) is 58.6 Å². The van der Waals surface area contributed by atoms with E-state index in [1.54, 1.807) is 30.3 Å². The first-order chi connectivity index (χ1) is 11.0. The van der Waals surface area contributed by atoms with Crippen molar-refractivity contribution < 1.29 is 19.0 Å². The Morgan fingerprint density at radius 3 is 2.70 bits per heavy atom. The van der Waals surface area contributed by atoms with Crippen LogP contribution in [0.25, 0.3) is 0 Å². The molecule has 2 rings (SSSR count). The molecule has 0 bridgehead atoms. The molecule has 2 aromatic rings. The van der Waals surface area contributed by atoms with Crippen LogP contribution < -0.4 is 10.1 Å². The average Bonchev–Trinajstić information content (AvgIpc) is 2.53. The van der Waals surface area contributed by atoms with E-state index in [-0.39, 0.29) is 12.3 Å². The van der Waals surface area contributed by atoms with Gasteiger partial charge in [0.1, 0.15) is 18.2 Å². The summed E-state index contributed by atoms with van der Waals surface area (Å²) in [5, 5.41) is 13.2. The highest BCUT2D eigenvalue weighted by Crippen LogP contribution is 2.17. The zero-order chi connectivity index (χ0) is 16.7. The monoisotopic (exact) mass is 337 g/mol. The van der Waals surface area contributed by atoms with Gasteiger partial charge in [0.2, 0.25) is 5.91 Å². The average molecular weight is 338 g/mol. The van der Waals surface area contributed by atoms with Crippen LogP contribution in [0.1, 0.15) is 18.1 Å². The van der Waals surface area contributed by atoms with E-state index < -0.39 is 11.9 Å². The molecular formula is C17H17ClFNO3. The Bertz CT molecular complexity index is 649. The largest absolute Gasteiger partial charge is 0.492 e. The van der Waals surface area contributed by atoms with Crippen LogP contribution >= 0.6 is 11.6 Å². The third kappa shape index (κ3) is 5.88. The summed E-state index contributed by atoms with van der Waals surface area (Å²) >= 11 is 5.76. The number of rotatable bonds is 7. The summed E-state index contributed by atoms with van der Waals surface area (Å²) < 4.78 is 18.5. The van der Waals surface area contributed by atoms with Crippen molar-refractivity contribution in [2.75, 3.05) is 13.2 Å². The van der Waals surface area contributed by atoms with Crippen molar-refractivity contribution in [1.29, 1.82) is 0 Å². The Labute approximate surface area is 138 Å². The number of aliphatic hydroxyl groups excluding tert-OH is 1. The van der Waals surface area contributed by atoms with Crippen molar-refractivity contribution in [3.8, 4) is 5.75 Å². The van der Waals surface area contributed by atoms with Crippen molar-refractivity contribution in [2.45, 2.75) is 12.5 Å². The van der Waals surface area contributed by atoms with E-state index in [9.17, 15) is 14.3 Å². The molecule has 23 heavy (non-hydrogen) atoms. The molecule has 122 valence electrons. The summed E-state index contributed by atoms with van der Waals surface area (Å²) in [4.78, 5) is 11.7. The number of hydrogen-bond acceptors (Lipinski definition) is 3. The first-order valence-corrected chi connectivity index (χ1v) is 7.51. The molecule has 0 saturated heterocycles. The lowest BCUT2D eigenvalue weighted by molar-refractivity contribution is -0.123. The number of amides is 1. The minimum atomic E-state index is -1.04. The van der Waals surface area contributed by atoms with E-state index in [4.69, 9.17) is 16.3 Å². The molecule has 1 atom stereocenters.